The summed E-state index contributed by atoms with van der Waals surface area (Å²) in [5.74, 6) is -0.584. The highest BCUT2D eigenvalue weighted by Crippen LogP contribution is 2.38. The first kappa shape index (κ1) is 18.6. The van der Waals surface area contributed by atoms with Crippen LogP contribution in [0.3, 0.4) is 0 Å². The Kier molecular flexibility index (Phi) is 5.86. The van der Waals surface area contributed by atoms with E-state index in [0.29, 0.717) is 0 Å². The summed E-state index contributed by atoms with van der Waals surface area (Å²) in [6.07, 6.45) is 3.03. The van der Waals surface area contributed by atoms with Crippen LogP contribution in [0.15, 0.2) is 41.9 Å². The Morgan fingerprint density at radius 3 is 2.30 bits per heavy atom. The van der Waals surface area contributed by atoms with Gasteiger partial charge in [0, 0.05) is 6.21 Å². The van der Waals surface area contributed by atoms with Crippen LogP contribution in [-0.4, -0.2) is 17.8 Å². The van der Waals surface area contributed by atoms with E-state index in [-0.39, 0.29) is 0 Å². The molecular formula is C19H24N2O2. The van der Waals surface area contributed by atoms with E-state index in [1.807, 2.05) is 31.2 Å². The SMILES string of the molecule is C=CC=N[C@H](c1ccc(C)cc1)[C@](C)(C#N)C(=O)OC(C)(C)C. The lowest BCUT2D eigenvalue weighted by Crippen LogP contribution is -2.38. The lowest BCUT2D eigenvalue weighted by molar-refractivity contribution is -0.164. The average Bonchev–Trinajstić information content (AvgIpc) is 2.47. The van der Waals surface area contributed by atoms with Gasteiger partial charge in [0.05, 0.1) is 6.07 Å². The second-order valence-electron chi connectivity index (χ2n) is 6.66. The molecule has 23 heavy (non-hydrogen) atoms. The Hall–Kier alpha value is -2.41. The maximum atomic E-state index is 12.6. The van der Waals surface area contributed by atoms with Crippen molar-refractivity contribution >= 4 is 12.2 Å². The van der Waals surface area contributed by atoms with Gasteiger partial charge in [-0.1, -0.05) is 42.5 Å². The van der Waals surface area contributed by atoms with Crippen LogP contribution in [0, 0.1) is 23.7 Å². The molecule has 1 aromatic rings. The van der Waals surface area contributed by atoms with Gasteiger partial charge in [0.2, 0.25) is 0 Å². The number of allylic oxidation sites excluding steroid dienone is 1. The number of aliphatic imine (C=N–C) groups is 1. The van der Waals surface area contributed by atoms with E-state index >= 15 is 0 Å². The maximum Gasteiger partial charge on any atom is 0.329 e. The number of benzene rings is 1. The molecule has 0 aliphatic rings. The van der Waals surface area contributed by atoms with Crippen molar-refractivity contribution in [1.29, 1.82) is 5.26 Å². The molecule has 0 radical (unpaired) electrons. The Balaban J connectivity index is 3.34. The van der Waals surface area contributed by atoms with Crippen molar-refractivity contribution in [2.45, 2.75) is 46.3 Å². The van der Waals surface area contributed by atoms with Gasteiger partial charge >= 0.3 is 5.97 Å². The first-order valence-electron chi connectivity index (χ1n) is 7.49. The van der Waals surface area contributed by atoms with Crippen molar-refractivity contribution in [1.82, 2.24) is 0 Å². The summed E-state index contributed by atoms with van der Waals surface area (Å²) >= 11 is 0. The molecule has 0 saturated heterocycles. The van der Waals surface area contributed by atoms with Crippen molar-refractivity contribution in [2.24, 2.45) is 10.4 Å². The Bertz CT molecular complexity index is 633. The molecule has 4 heteroatoms. The van der Waals surface area contributed by atoms with Crippen molar-refractivity contribution < 1.29 is 9.53 Å². The Labute approximate surface area is 138 Å². The molecule has 0 saturated carbocycles. The van der Waals surface area contributed by atoms with Crippen LogP contribution in [0.25, 0.3) is 0 Å². The molecule has 0 spiro atoms. The number of aryl methyl sites for hydroxylation is 1. The van der Waals surface area contributed by atoms with E-state index in [4.69, 9.17) is 4.74 Å². The second kappa shape index (κ2) is 7.23. The highest BCUT2D eigenvalue weighted by atomic mass is 16.6. The molecule has 0 aromatic heterocycles. The summed E-state index contributed by atoms with van der Waals surface area (Å²) < 4.78 is 5.44. The number of nitriles is 1. The highest BCUT2D eigenvalue weighted by molar-refractivity contribution is 5.82. The first-order valence-corrected chi connectivity index (χ1v) is 7.49. The van der Waals surface area contributed by atoms with Crippen LogP contribution in [0.5, 0.6) is 0 Å². The molecule has 1 rings (SSSR count). The molecule has 1 aromatic carbocycles. The molecule has 0 bridgehead atoms. The van der Waals surface area contributed by atoms with Crippen LogP contribution >= 0.6 is 0 Å². The van der Waals surface area contributed by atoms with Crippen molar-refractivity contribution in [3.05, 3.63) is 48.0 Å². The number of hydrogen-bond donors (Lipinski definition) is 0. The van der Waals surface area contributed by atoms with Gasteiger partial charge in [0.15, 0.2) is 5.41 Å². The molecule has 0 aliphatic heterocycles. The van der Waals surface area contributed by atoms with Gasteiger partial charge in [0.25, 0.3) is 0 Å². The molecule has 2 atom stereocenters. The quantitative estimate of drug-likeness (QED) is 0.605. The predicted octanol–water partition coefficient (Wildman–Crippen LogP) is 4.16. The number of carbonyl (C=O) groups is 1. The summed E-state index contributed by atoms with van der Waals surface area (Å²) in [6, 6.07) is 9.04. The van der Waals surface area contributed by atoms with Gasteiger partial charge in [-0.15, -0.1) is 0 Å². The number of esters is 1. The standard InChI is InChI=1S/C19H24N2O2/c1-7-12-21-16(15-10-8-14(2)9-11-15)19(6,13-20)17(22)23-18(3,4)5/h7-12,16H,1H2,2-6H3/t16-,19+/m1/s1. The minimum Gasteiger partial charge on any atom is -0.459 e. The summed E-state index contributed by atoms with van der Waals surface area (Å²) in [6.45, 7) is 12.5. The highest BCUT2D eigenvalue weighted by Gasteiger charge is 2.45. The fourth-order valence-electron chi connectivity index (χ4n) is 2.07. The molecular weight excluding hydrogens is 288 g/mol. The number of hydrogen-bond acceptors (Lipinski definition) is 4. The third-order valence-corrected chi connectivity index (χ3v) is 3.34. The summed E-state index contributed by atoms with van der Waals surface area (Å²) in [5.41, 5.74) is -0.225. The lowest BCUT2D eigenvalue weighted by Gasteiger charge is -2.30. The molecule has 4 nitrogen and oxygen atoms in total. The van der Waals surface area contributed by atoms with Gasteiger partial charge in [-0.2, -0.15) is 5.26 Å². The fraction of sp³-hybridized carbons (Fsp3) is 0.421. The number of ether oxygens (including phenoxy) is 1. The number of rotatable bonds is 5. The van der Waals surface area contributed by atoms with Gasteiger partial charge in [0.1, 0.15) is 11.6 Å². The topological polar surface area (TPSA) is 62.5 Å². The van der Waals surface area contributed by atoms with E-state index in [2.05, 4.69) is 17.6 Å². The molecule has 0 fully saturated rings. The van der Waals surface area contributed by atoms with Crippen LogP contribution in [0.1, 0.15) is 44.9 Å². The third-order valence-electron chi connectivity index (χ3n) is 3.34. The number of nitrogens with zero attached hydrogens (tertiary/aromatic N) is 2. The minimum atomic E-state index is -1.43. The molecule has 0 heterocycles. The Morgan fingerprint density at radius 1 is 1.30 bits per heavy atom. The van der Waals surface area contributed by atoms with E-state index < -0.39 is 23.0 Å². The molecule has 0 unspecified atom stereocenters. The van der Waals surface area contributed by atoms with Crippen LogP contribution in [0.2, 0.25) is 0 Å². The second-order valence-corrected chi connectivity index (χ2v) is 6.66. The summed E-state index contributed by atoms with van der Waals surface area (Å²) in [7, 11) is 0. The van der Waals surface area contributed by atoms with E-state index in [1.165, 1.54) is 12.3 Å². The smallest absolute Gasteiger partial charge is 0.329 e. The van der Waals surface area contributed by atoms with Crippen LogP contribution < -0.4 is 0 Å². The number of carbonyl (C=O) groups excluding carboxylic acids is 1. The lowest BCUT2D eigenvalue weighted by atomic mass is 9.80. The van der Waals surface area contributed by atoms with Gasteiger partial charge in [-0.25, -0.2) is 0 Å². The Morgan fingerprint density at radius 2 is 1.87 bits per heavy atom. The summed E-state index contributed by atoms with van der Waals surface area (Å²) in [5, 5.41) is 9.69. The minimum absolute atomic E-state index is 0.584. The molecule has 0 aliphatic carbocycles. The molecule has 0 N–H and O–H groups in total. The van der Waals surface area contributed by atoms with Gasteiger partial charge in [-0.3, -0.25) is 9.79 Å². The van der Waals surface area contributed by atoms with Crippen molar-refractivity contribution in [3.8, 4) is 6.07 Å². The monoisotopic (exact) mass is 312 g/mol. The third kappa shape index (κ3) is 4.79. The van der Waals surface area contributed by atoms with E-state index in [0.717, 1.165) is 11.1 Å². The zero-order valence-electron chi connectivity index (χ0n) is 14.5. The zero-order chi connectivity index (χ0) is 17.7. The van der Waals surface area contributed by atoms with Gasteiger partial charge in [-0.05, 0) is 40.2 Å². The van der Waals surface area contributed by atoms with Gasteiger partial charge < -0.3 is 4.74 Å². The normalized spacial score (nSPS) is 15.5. The van der Waals surface area contributed by atoms with Crippen molar-refractivity contribution in [3.63, 3.8) is 0 Å². The fourth-order valence-corrected chi connectivity index (χ4v) is 2.07. The van der Waals surface area contributed by atoms with Crippen molar-refractivity contribution in [2.75, 3.05) is 0 Å². The van der Waals surface area contributed by atoms with E-state index in [9.17, 15) is 10.1 Å². The van der Waals surface area contributed by atoms with E-state index in [1.54, 1.807) is 27.7 Å². The predicted molar refractivity (Wildman–Crippen MR) is 92.2 cm³/mol. The maximum absolute atomic E-state index is 12.6. The zero-order valence-corrected chi connectivity index (χ0v) is 14.5. The average molecular weight is 312 g/mol. The first-order chi connectivity index (χ1) is 10.6. The molecule has 122 valence electrons. The van der Waals surface area contributed by atoms with Crippen LogP contribution in [-0.2, 0) is 9.53 Å². The molecule has 0 amide bonds. The largest absolute Gasteiger partial charge is 0.459 e. The van der Waals surface area contributed by atoms with Crippen LogP contribution in [0.4, 0.5) is 0 Å². The summed E-state index contributed by atoms with van der Waals surface area (Å²) in [4.78, 5) is 17.0.